The van der Waals surface area contributed by atoms with E-state index >= 15 is 0 Å². The fraction of sp³-hybridized carbons (Fsp3) is 0.233. The molecule has 0 saturated carbocycles. The van der Waals surface area contributed by atoms with Gasteiger partial charge in [0.15, 0.2) is 17.9 Å². The summed E-state index contributed by atoms with van der Waals surface area (Å²) in [5, 5.41) is 22.1. The van der Waals surface area contributed by atoms with Crippen molar-refractivity contribution < 1.29 is 9.53 Å². The van der Waals surface area contributed by atoms with Crippen molar-refractivity contribution in [3.8, 4) is 5.82 Å². The fourth-order valence-corrected chi connectivity index (χ4v) is 5.32. The van der Waals surface area contributed by atoms with Gasteiger partial charge in [-0.1, -0.05) is 18.2 Å². The molecular weight excluding hydrogens is 518 g/mol. The second-order valence-electron chi connectivity index (χ2n) is 10.2. The van der Waals surface area contributed by atoms with Crippen molar-refractivity contribution in [3.05, 3.63) is 84.3 Å². The van der Waals surface area contributed by atoms with Crippen LogP contribution in [0.2, 0.25) is 0 Å². The van der Waals surface area contributed by atoms with E-state index in [2.05, 4.69) is 32.8 Å². The van der Waals surface area contributed by atoms with Gasteiger partial charge in [-0.05, 0) is 68.7 Å². The number of para-hydroxylation sites is 1. The highest BCUT2D eigenvalue weighted by Gasteiger charge is 2.21. The maximum absolute atomic E-state index is 12.7. The summed E-state index contributed by atoms with van der Waals surface area (Å²) in [4.78, 5) is 17.3. The van der Waals surface area contributed by atoms with E-state index in [1.54, 1.807) is 28.7 Å². The van der Waals surface area contributed by atoms with Crippen LogP contribution in [-0.2, 0) is 11.8 Å². The second-order valence-corrected chi connectivity index (χ2v) is 10.2. The van der Waals surface area contributed by atoms with E-state index in [1.807, 2.05) is 54.1 Å². The second kappa shape index (κ2) is 10.2. The molecule has 1 aliphatic rings. The molecule has 7 rings (SSSR count). The Balaban J connectivity index is 1.20. The summed E-state index contributed by atoms with van der Waals surface area (Å²) in [6.07, 6.45) is 6.38. The molecule has 1 amide bonds. The van der Waals surface area contributed by atoms with Crippen LogP contribution < -0.4 is 10.6 Å². The van der Waals surface area contributed by atoms with Crippen LogP contribution in [0.1, 0.15) is 41.5 Å². The van der Waals surface area contributed by atoms with Gasteiger partial charge in [-0.3, -0.25) is 9.48 Å². The van der Waals surface area contributed by atoms with E-state index in [0.29, 0.717) is 23.0 Å². The zero-order valence-corrected chi connectivity index (χ0v) is 22.8. The number of amides is 1. The van der Waals surface area contributed by atoms with Crippen LogP contribution in [0.5, 0.6) is 0 Å². The van der Waals surface area contributed by atoms with Gasteiger partial charge >= 0.3 is 0 Å². The molecule has 0 spiro atoms. The number of aryl methyl sites for hydroxylation is 2. The number of carbonyl (C=O) groups excluding carboxylic acids is 1. The van der Waals surface area contributed by atoms with Crippen molar-refractivity contribution in [2.75, 3.05) is 17.2 Å². The zero-order chi connectivity index (χ0) is 27.9. The minimum Gasteiger partial charge on any atom is -0.356 e. The number of nitrogens with zero attached hydrogens (tertiary/aromatic N) is 7. The monoisotopic (exact) mass is 547 g/mol. The first-order valence-corrected chi connectivity index (χ1v) is 13.7. The van der Waals surface area contributed by atoms with Gasteiger partial charge in [-0.2, -0.15) is 10.2 Å². The number of ether oxygens (including phenoxy) is 1. The highest BCUT2D eigenvalue weighted by molar-refractivity contribution is 6.03. The molecule has 11 heteroatoms. The van der Waals surface area contributed by atoms with Crippen LogP contribution >= 0.6 is 0 Å². The molecule has 5 heterocycles. The van der Waals surface area contributed by atoms with Crippen molar-refractivity contribution >= 4 is 45.0 Å². The molecule has 4 aromatic heterocycles. The number of hydrogen-bond donors (Lipinski definition) is 2. The van der Waals surface area contributed by atoms with Crippen LogP contribution in [0.25, 0.3) is 27.6 Å². The maximum Gasteiger partial charge on any atom is 0.260 e. The fourth-order valence-electron chi connectivity index (χ4n) is 5.32. The molecular formula is C30H29N9O2. The first-order chi connectivity index (χ1) is 20.0. The lowest BCUT2D eigenvalue weighted by atomic mass is 10.1. The first kappa shape index (κ1) is 25.0. The summed E-state index contributed by atoms with van der Waals surface area (Å²) < 4.78 is 11.4. The van der Waals surface area contributed by atoms with E-state index < -0.39 is 0 Å². The summed E-state index contributed by atoms with van der Waals surface area (Å²) in [6.45, 7) is 2.80. The van der Waals surface area contributed by atoms with E-state index in [4.69, 9.17) is 14.9 Å². The summed E-state index contributed by atoms with van der Waals surface area (Å²) in [5.74, 6) is 1.43. The third kappa shape index (κ3) is 4.70. The Bertz CT molecular complexity index is 1890. The van der Waals surface area contributed by atoms with Crippen molar-refractivity contribution in [1.82, 2.24) is 34.3 Å². The van der Waals surface area contributed by atoms with Crippen molar-refractivity contribution in [2.45, 2.75) is 32.4 Å². The Morgan fingerprint density at radius 1 is 1.00 bits per heavy atom. The Labute approximate surface area is 235 Å². The lowest BCUT2D eigenvalue weighted by molar-refractivity contribution is -0.0368. The molecule has 41 heavy (non-hydrogen) atoms. The molecule has 0 bridgehead atoms. The van der Waals surface area contributed by atoms with Crippen LogP contribution in [0.15, 0.2) is 73.1 Å². The zero-order valence-electron chi connectivity index (χ0n) is 22.8. The minimum absolute atomic E-state index is 0.0178. The predicted molar refractivity (Wildman–Crippen MR) is 157 cm³/mol. The van der Waals surface area contributed by atoms with Crippen LogP contribution in [0.3, 0.4) is 0 Å². The topological polar surface area (TPSA) is 117 Å². The molecule has 1 saturated heterocycles. The number of hydrogen-bond acceptors (Lipinski definition) is 7. The number of carbonyl (C=O) groups is 1. The number of aromatic nitrogens is 7. The van der Waals surface area contributed by atoms with Crippen molar-refractivity contribution in [3.63, 3.8) is 0 Å². The highest BCUT2D eigenvalue weighted by Crippen LogP contribution is 2.32. The largest absolute Gasteiger partial charge is 0.356 e. The molecule has 2 N–H and O–H groups in total. The van der Waals surface area contributed by atoms with E-state index in [1.165, 1.54) is 6.20 Å². The van der Waals surface area contributed by atoms with Gasteiger partial charge in [-0.15, -0.1) is 5.10 Å². The van der Waals surface area contributed by atoms with Gasteiger partial charge < -0.3 is 15.4 Å². The average molecular weight is 548 g/mol. The maximum atomic E-state index is 12.7. The molecule has 2 aromatic carbocycles. The van der Waals surface area contributed by atoms with E-state index in [9.17, 15) is 4.79 Å². The third-order valence-corrected chi connectivity index (χ3v) is 7.33. The van der Waals surface area contributed by atoms with Gasteiger partial charge in [0, 0.05) is 36.3 Å². The number of pyridine rings is 1. The summed E-state index contributed by atoms with van der Waals surface area (Å²) >= 11 is 0. The molecule has 1 unspecified atom stereocenters. The predicted octanol–water partition coefficient (Wildman–Crippen LogP) is 5.51. The number of fused-ring (bicyclic) bond motifs is 2. The van der Waals surface area contributed by atoms with Crippen molar-refractivity contribution in [1.29, 1.82) is 0 Å². The Morgan fingerprint density at radius 3 is 2.73 bits per heavy atom. The quantitative estimate of drug-likeness (QED) is 0.283. The smallest absolute Gasteiger partial charge is 0.260 e. The van der Waals surface area contributed by atoms with Gasteiger partial charge in [-0.25, -0.2) is 14.3 Å². The van der Waals surface area contributed by atoms with Gasteiger partial charge in [0.2, 0.25) is 0 Å². The van der Waals surface area contributed by atoms with Crippen molar-refractivity contribution in [2.24, 2.45) is 7.05 Å². The third-order valence-electron chi connectivity index (χ3n) is 7.33. The van der Waals surface area contributed by atoms with E-state index in [0.717, 1.165) is 59.1 Å². The molecule has 6 aromatic rings. The summed E-state index contributed by atoms with van der Waals surface area (Å²) in [7, 11) is 1.77. The molecule has 11 nitrogen and oxygen atoms in total. The van der Waals surface area contributed by atoms with Gasteiger partial charge in [0.25, 0.3) is 5.91 Å². The Hall–Kier alpha value is -5.03. The normalized spacial score (nSPS) is 15.4. The minimum atomic E-state index is -0.278. The van der Waals surface area contributed by atoms with Gasteiger partial charge in [0.05, 0.1) is 28.5 Å². The summed E-state index contributed by atoms with van der Waals surface area (Å²) in [6, 6.07) is 19.7. The van der Waals surface area contributed by atoms with Gasteiger partial charge in [0.1, 0.15) is 5.82 Å². The lowest BCUT2D eigenvalue weighted by Gasteiger charge is -2.23. The lowest BCUT2D eigenvalue weighted by Crippen LogP contribution is -2.19. The SMILES string of the molecule is Cc1nn(C2CCCCO2)c2ccc(Nc3nn(-c4cccc(NC(=O)c5cnn(C)c5)n4)c4ccccc34)cc12. The highest BCUT2D eigenvalue weighted by atomic mass is 16.5. The first-order valence-electron chi connectivity index (χ1n) is 13.7. The average Bonchev–Trinajstić information content (AvgIpc) is 3.69. The van der Waals surface area contributed by atoms with Crippen LogP contribution in [-0.4, -0.2) is 46.8 Å². The number of rotatable bonds is 6. The summed E-state index contributed by atoms with van der Waals surface area (Å²) in [5.41, 5.74) is 4.27. The van der Waals surface area contributed by atoms with Crippen LogP contribution in [0.4, 0.5) is 17.3 Å². The molecule has 1 aliphatic heterocycles. The molecule has 1 atom stereocenters. The molecule has 0 aliphatic carbocycles. The Morgan fingerprint density at radius 2 is 1.90 bits per heavy atom. The molecule has 0 radical (unpaired) electrons. The molecule has 206 valence electrons. The standard InChI is InChI=1S/C30H29N9O2/c1-19-23-16-21(13-14-25(23)39(35-19)28-12-5-6-15-41-28)32-29-22-8-3-4-9-24(22)38(36-29)27-11-7-10-26(33-27)34-30(40)20-17-31-37(2)18-20/h3-4,7-11,13-14,16-18,28H,5-6,12,15H2,1-2H3,(H,32,36)(H,33,34,40). The van der Waals surface area contributed by atoms with Crippen LogP contribution in [0, 0.1) is 6.92 Å². The molecule has 1 fully saturated rings. The number of benzene rings is 2. The number of anilines is 3. The van der Waals surface area contributed by atoms with E-state index in [-0.39, 0.29) is 12.1 Å². The Kier molecular flexibility index (Phi) is 6.20. The number of nitrogens with one attached hydrogen (secondary N) is 2.